The van der Waals surface area contributed by atoms with Crippen LogP contribution < -0.4 is 5.73 Å². The first-order valence-electron chi connectivity index (χ1n) is 3.66. The Morgan fingerprint density at radius 1 is 1.23 bits per heavy atom. The lowest BCUT2D eigenvalue weighted by Crippen LogP contribution is -2.03. The highest BCUT2D eigenvalue weighted by Gasteiger charge is 2.13. The summed E-state index contributed by atoms with van der Waals surface area (Å²) in [6, 6.07) is 2.89. The Labute approximate surface area is 77.1 Å². The highest BCUT2D eigenvalue weighted by atomic mass is 32.2. The Hall–Kier alpha value is -1.07. The van der Waals surface area contributed by atoms with E-state index in [0.29, 0.717) is 11.3 Å². The van der Waals surface area contributed by atoms with Crippen LogP contribution in [0, 0.1) is 13.8 Å². The minimum absolute atomic E-state index is 0.129. The van der Waals surface area contributed by atoms with Gasteiger partial charge in [-0.15, -0.1) is 0 Å². The maximum absolute atomic E-state index is 10.8. The largest absolute Gasteiger partial charge is 0.398 e. The molecule has 0 atom stereocenters. The van der Waals surface area contributed by atoms with Gasteiger partial charge in [-0.25, -0.2) is 0 Å². The molecule has 0 aliphatic heterocycles. The molecular formula is C8H11NO3S. The van der Waals surface area contributed by atoms with E-state index in [9.17, 15) is 8.42 Å². The van der Waals surface area contributed by atoms with Crippen LogP contribution >= 0.6 is 0 Å². The zero-order valence-corrected chi connectivity index (χ0v) is 8.22. The van der Waals surface area contributed by atoms with Crippen molar-refractivity contribution in [2.75, 3.05) is 5.73 Å². The fourth-order valence-corrected chi connectivity index (χ4v) is 1.87. The third kappa shape index (κ3) is 1.99. The molecule has 1 aromatic carbocycles. The summed E-state index contributed by atoms with van der Waals surface area (Å²) in [6.07, 6.45) is 0. The summed E-state index contributed by atoms with van der Waals surface area (Å²) < 4.78 is 30.4. The average molecular weight is 201 g/mol. The van der Waals surface area contributed by atoms with E-state index in [0.717, 1.165) is 5.56 Å². The highest BCUT2D eigenvalue weighted by Crippen LogP contribution is 2.21. The van der Waals surface area contributed by atoms with Crippen LogP contribution in [-0.2, 0) is 10.1 Å². The van der Waals surface area contributed by atoms with Gasteiger partial charge < -0.3 is 5.73 Å². The van der Waals surface area contributed by atoms with E-state index in [1.54, 1.807) is 19.9 Å². The first-order valence-corrected chi connectivity index (χ1v) is 5.10. The number of aryl methyl sites for hydroxylation is 2. The van der Waals surface area contributed by atoms with Crippen molar-refractivity contribution in [3.05, 3.63) is 23.3 Å². The number of hydrogen-bond donors (Lipinski definition) is 2. The van der Waals surface area contributed by atoms with E-state index < -0.39 is 10.1 Å². The van der Waals surface area contributed by atoms with Gasteiger partial charge in [0, 0.05) is 5.69 Å². The summed E-state index contributed by atoms with van der Waals surface area (Å²) in [5, 5.41) is 0. The summed E-state index contributed by atoms with van der Waals surface area (Å²) in [4.78, 5) is -0.129. The molecule has 72 valence electrons. The van der Waals surface area contributed by atoms with Crippen molar-refractivity contribution in [3.63, 3.8) is 0 Å². The Bertz CT molecular complexity index is 437. The molecule has 0 amide bonds. The normalized spacial score (nSPS) is 11.6. The van der Waals surface area contributed by atoms with Gasteiger partial charge in [0.05, 0.1) is 4.90 Å². The molecule has 0 unspecified atom stereocenters. The number of hydrogen-bond acceptors (Lipinski definition) is 3. The van der Waals surface area contributed by atoms with Gasteiger partial charge in [0.15, 0.2) is 0 Å². The summed E-state index contributed by atoms with van der Waals surface area (Å²) in [5.41, 5.74) is 7.16. The van der Waals surface area contributed by atoms with Crippen molar-refractivity contribution in [3.8, 4) is 0 Å². The van der Waals surface area contributed by atoms with Crippen LogP contribution in [0.15, 0.2) is 17.0 Å². The molecule has 1 rings (SSSR count). The van der Waals surface area contributed by atoms with Gasteiger partial charge in [0.2, 0.25) is 0 Å². The Morgan fingerprint density at radius 2 is 1.77 bits per heavy atom. The predicted octanol–water partition coefficient (Wildman–Crippen LogP) is 1.13. The van der Waals surface area contributed by atoms with Gasteiger partial charge in [-0.1, -0.05) is 6.07 Å². The first-order chi connectivity index (χ1) is 5.82. The van der Waals surface area contributed by atoms with Gasteiger partial charge in [0.1, 0.15) is 0 Å². The molecule has 0 fully saturated rings. The van der Waals surface area contributed by atoms with Crippen LogP contribution in [0.2, 0.25) is 0 Å². The van der Waals surface area contributed by atoms with E-state index in [4.69, 9.17) is 10.3 Å². The second kappa shape index (κ2) is 3.01. The van der Waals surface area contributed by atoms with Crippen molar-refractivity contribution in [1.82, 2.24) is 0 Å². The summed E-state index contributed by atoms with van der Waals surface area (Å²) >= 11 is 0. The first kappa shape index (κ1) is 10.0. The molecule has 0 bridgehead atoms. The molecule has 0 spiro atoms. The number of nitrogen functional groups attached to an aromatic ring is 1. The molecule has 3 N–H and O–H groups in total. The van der Waals surface area contributed by atoms with Crippen molar-refractivity contribution >= 4 is 15.8 Å². The van der Waals surface area contributed by atoms with Crippen molar-refractivity contribution in [2.45, 2.75) is 18.7 Å². The van der Waals surface area contributed by atoms with E-state index in [-0.39, 0.29) is 4.90 Å². The van der Waals surface area contributed by atoms with Gasteiger partial charge in [-0.3, -0.25) is 4.55 Å². The third-order valence-corrected chi connectivity index (χ3v) is 2.84. The molecule has 1 aromatic rings. The standard InChI is InChI=1S/C8H11NO3S/c1-5-3-6(2)8(4-7(5)9)13(10,11)12/h3-4H,9H2,1-2H3,(H,10,11,12). The van der Waals surface area contributed by atoms with Crippen molar-refractivity contribution in [2.24, 2.45) is 0 Å². The lowest BCUT2D eigenvalue weighted by Gasteiger charge is -2.06. The smallest absolute Gasteiger partial charge is 0.294 e. The Balaban J connectivity index is 3.50. The number of anilines is 1. The Kier molecular flexibility index (Phi) is 2.32. The molecule has 0 aliphatic rings. The molecule has 0 saturated carbocycles. The van der Waals surface area contributed by atoms with E-state index in [2.05, 4.69) is 0 Å². The average Bonchev–Trinajstić information content (AvgIpc) is 1.94. The summed E-state index contributed by atoms with van der Waals surface area (Å²) in [6.45, 7) is 3.38. The lowest BCUT2D eigenvalue weighted by atomic mass is 10.1. The van der Waals surface area contributed by atoms with Gasteiger partial charge in [0.25, 0.3) is 10.1 Å². The van der Waals surface area contributed by atoms with Gasteiger partial charge in [-0.05, 0) is 31.0 Å². The molecule has 0 saturated heterocycles. The number of nitrogens with two attached hydrogens (primary N) is 1. The predicted molar refractivity (Wildman–Crippen MR) is 50.1 cm³/mol. The zero-order valence-electron chi connectivity index (χ0n) is 7.40. The second-order valence-electron chi connectivity index (χ2n) is 2.95. The van der Waals surface area contributed by atoms with Crippen LogP contribution in [0.4, 0.5) is 5.69 Å². The fraction of sp³-hybridized carbons (Fsp3) is 0.250. The summed E-state index contributed by atoms with van der Waals surface area (Å²) in [7, 11) is -4.15. The number of benzene rings is 1. The van der Waals surface area contributed by atoms with Crippen LogP contribution in [0.3, 0.4) is 0 Å². The topological polar surface area (TPSA) is 80.4 Å². The van der Waals surface area contributed by atoms with Crippen LogP contribution in [0.25, 0.3) is 0 Å². The SMILES string of the molecule is Cc1cc(C)c(S(=O)(=O)O)cc1N. The van der Waals surface area contributed by atoms with Crippen molar-refractivity contribution in [1.29, 1.82) is 0 Å². The molecule has 4 nitrogen and oxygen atoms in total. The third-order valence-electron chi connectivity index (χ3n) is 1.84. The summed E-state index contributed by atoms with van der Waals surface area (Å²) in [5.74, 6) is 0. The minimum Gasteiger partial charge on any atom is -0.398 e. The molecule has 5 heteroatoms. The van der Waals surface area contributed by atoms with Crippen LogP contribution in [-0.4, -0.2) is 13.0 Å². The molecule has 0 aromatic heterocycles. The molecule has 0 heterocycles. The monoisotopic (exact) mass is 201 g/mol. The molecular weight excluding hydrogens is 190 g/mol. The van der Waals surface area contributed by atoms with Gasteiger partial charge in [-0.2, -0.15) is 8.42 Å². The zero-order chi connectivity index (χ0) is 10.2. The van der Waals surface area contributed by atoms with Crippen molar-refractivity contribution < 1.29 is 13.0 Å². The molecule has 0 aliphatic carbocycles. The number of rotatable bonds is 1. The van der Waals surface area contributed by atoms with E-state index >= 15 is 0 Å². The molecule has 0 radical (unpaired) electrons. The van der Waals surface area contributed by atoms with Gasteiger partial charge >= 0.3 is 0 Å². The quantitative estimate of drug-likeness (QED) is 0.527. The fourth-order valence-electron chi connectivity index (χ4n) is 1.13. The maximum atomic E-state index is 10.8. The van der Waals surface area contributed by atoms with E-state index in [1.807, 2.05) is 0 Å². The van der Waals surface area contributed by atoms with Crippen LogP contribution in [0.1, 0.15) is 11.1 Å². The van der Waals surface area contributed by atoms with Crippen LogP contribution in [0.5, 0.6) is 0 Å². The highest BCUT2D eigenvalue weighted by molar-refractivity contribution is 7.85. The molecule has 13 heavy (non-hydrogen) atoms. The Morgan fingerprint density at radius 3 is 2.23 bits per heavy atom. The minimum atomic E-state index is -4.15. The second-order valence-corrected chi connectivity index (χ2v) is 4.34. The van der Waals surface area contributed by atoms with E-state index in [1.165, 1.54) is 6.07 Å². The lowest BCUT2D eigenvalue weighted by molar-refractivity contribution is 0.482. The maximum Gasteiger partial charge on any atom is 0.294 e.